The molecule has 8 nitrogen and oxygen atoms in total. The van der Waals surface area contributed by atoms with Crippen molar-refractivity contribution in [2.45, 2.75) is 71.0 Å². The van der Waals surface area contributed by atoms with Crippen LogP contribution in [0.2, 0.25) is 0 Å². The molecule has 3 heterocycles. The van der Waals surface area contributed by atoms with Crippen LogP contribution in [0.15, 0.2) is 72.8 Å². The van der Waals surface area contributed by atoms with Gasteiger partial charge in [-0.15, -0.1) is 0 Å². The van der Waals surface area contributed by atoms with Gasteiger partial charge in [-0.1, -0.05) is 51.0 Å². The molecule has 5 rings (SSSR count). The molecule has 1 saturated heterocycles. The monoisotopic (exact) mass is 512 g/mol. The Kier molecular flexibility index (Phi) is 7.31. The Morgan fingerprint density at radius 1 is 1.18 bits per heavy atom. The molecule has 1 aliphatic heterocycles. The molecule has 8 heteroatoms. The zero-order chi connectivity index (χ0) is 26.8. The van der Waals surface area contributed by atoms with E-state index in [0.717, 1.165) is 60.5 Å². The molecule has 3 aromatic rings. The number of aromatic nitrogens is 4. The van der Waals surface area contributed by atoms with E-state index >= 15 is 0 Å². The number of amides is 2. The van der Waals surface area contributed by atoms with Gasteiger partial charge in [0.15, 0.2) is 0 Å². The van der Waals surface area contributed by atoms with E-state index in [4.69, 9.17) is 0 Å². The van der Waals surface area contributed by atoms with Gasteiger partial charge in [-0.25, -0.2) is 4.98 Å². The summed E-state index contributed by atoms with van der Waals surface area (Å²) in [4.78, 5) is 36.2. The number of benzene rings is 1. The summed E-state index contributed by atoms with van der Waals surface area (Å²) in [6.45, 7) is 8.38. The van der Waals surface area contributed by atoms with Gasteiger partial charge in [0, 0.05) is 54.2 Å². The lowest BCUT2D eigenvalue weighted by Gasteiger charge is -2.33. The molecule has 1 aliphatic carbocycles. The van der Waals surface area contributed by atoms with Crippen molar-refractivity contribution in [3.8, 4) is 11.3 Å². The van der Waals surface area contributed by atoms with Gasteiger partial charge in [0.25, 0.3) is 5.91 Å². The highest BCUT2D eigenvalue weighted by atomic mass is 16.2. The quantitative estimate of drug-likeness (QED) is 0.446. The fourth-order valence-corrected chi connectivity index (χ4v) is 5.84. The van der Waals surface area contributed by atoms with E-state index in [-0.39, 0.29) is 24.4 Å². The largest absolute Gasteiger partial charge is 0.326 e. The summed E-state index contributed by atoms with van der Waals surface area (Å²) >= 11 is 0. The molecular weight excluding hydrogens is 476 g/mol. The highest BCUT2D eigenvalue weighted by Gasteiger charge is 2.47. The van der Waals surface area contributed by atoms with Crippen LogP contribution in [-0.4, -0.2) is 48.1 Å². The second-order valence-corrected chi connectivity index (χ2v) is 10.2. The number of nitrogens with zero attached hydrogens (tertiary/aromatic N) is 6. The lowest BCUT2D eigenvalue weighted by atomic mass is 9.94. The number of carbonyl (C=O) groups excluding carboxylic acids is 2. The highest BCUT2D eigenvalue weighted by Crippen LogP contribution is 2.39. The number of allylic oxidation sites excluding steroid dienone is 1. The van der Waals surface area contributed by atoms with Crippen molar-refractivity contribution in [2.24, 2.45) is 7.05 Å². The predicted molar refractivity (Wildman–Crippen MR) is 148 cm³/mol. The first-order chi connectivity index (χ1) is 18.4. The summed E-state index contributed by atoms with van der Waals surface area (Å²) in [6.07, 6.45) is 13.4. The molecule has 0 N–H and O–H groups in total. The molecule has 0 radical (unpaired) electrons. The Balaban J connectivity index is 1.60. The number of carbonyl (C=O) groups is 2. The summed E-state index contributed by atoms with van der Waals surface area (Å²) < 4.78 is 3.62. The molecule has 1 aromatic carbocycles. The van der Waals surface area contributed by atoms with E-state index in [1.807, 2.05) is 53.8 Å². The Bertz CT molecular complexity index is 1380. The van der Waals surface area contributed by atoms with Crippen LogP contribution in [0.3, 0.4) is 0 Å². The number of aryl methyl sites for hydroxylation is 2. The van der Waals surface area contributed by atoms with Crippen LogP contribution in [-0.2, 0) is 23.2 Å². The van der Waals surface area contributed by atoms with Crippen molar-refractivity contribution < 1.29 is 9.59 Å². The minimum atomic E-state index is -0.762. The number of likely N-dealkylation sites (tertiary alicyclic amines) is 1. The first-order valence-electron chi connectivity index (χ1n) is 13.5. The highest BCUT2D eigenvalue weighted by molar-refractivity contribution is 6.06. The number of hydrogen-bond donors (Lipinski definition) is 0. The van der Waals surface area contributed by atoms with Crippen LogP contribution in [0.4, 0.5) is 5.69 Å². The molecule has 2 aliphatic rings. The summed E-state index contributed by atoms with van der Waals surface area (Å²) in [6, 6.07) is 9.10. The van der Waals surface area contributed by atoms with Crippen LogP contribution in [0.1, 0.15) is 51.3 Å². The molecule has 0 spiro atoms. The molecule has 198 valence electrons. The van der Waals surface area contributed by atoms with Gasteiger partial charge in [0.2, 0.25) is 5.91 Å². The molecule has 0 bridgehead atoms. The second-order valence-electron chi connectivity index (χ2n) is 10.2. The van der Waals surface area contributed by atoms with Gasteiger partial charge in [-0.3, -0.25) is 19.2 Å². The van der Waals surface area contributed by atoms with Crippen LogP contribution in [0.5, 0.6) is 0 Å². The van der Waals surface area contributed by atoms with Gasteiger partial charge in [0.1, 0.15) is 18.4 Å². The van der Waals surface area contributed by atoms with Crippen molar-refractivity contribution in [2.75, 3.05) is 4.90 Å². The third-order valence-corrected chi connectivity index (χ3v) is 7.75. The molecule has 1 atom stereocenters. The van der Waals surface area contributed by atoms with Crippen molar-refractivity contribution in [1.29, 1.82) is 0 Å². The fraction of sp³-hybridized carbons (Fsp3) is 0.400. The Morgan fingerprint density at radius 2 is 1.97 bits per heavy atom. The lowest BCUT2D eigenvalue weighted by molar-refractivity contribution is -0.132. The summed E-state index contributed by atoms with van der Waals surface area (Å²) in [7, 11) is 1.89. The molecule has 2 aromatic heterocycles. The van der Waals surface area contributed by atoms with Gasteiger partial charge in [0.05, 0.1) is 5.69 Å². The average molecular weight is 513 g/mol. The zero-order valence-corrected chi connectivity index (χ0v) is 22.5. The lowest BCUT2D eigenvalue weighted by Crippen LogP contribution is -2.49. The topological polar surface area (TPSA) is 76.3 Å². The van der Waals surface area contributed by atoms with Gasteiger partial charge >= 0.3 is 0 Å². The SMILES string of the molecule is C=C1/C(=C\CC)C(N(C(=O)Cn2ccnc2C)c2cccc(-c3ccnn3C)c2)C(=O)N1C1CCCCC1. The summed E-state index contributed by atoms with van der Waals surface area (Å²) in [5.41, 5.74) is 4.08. The molecule has 38 heavy (non-hydrogen) atoms. The van der Waals surface area contributed by atoms with Crippen LogP contribution < -0.4 is 4.90 Å². The number of hydrogen-bond acceptors (Lipinski definition) is 4. The van der Waals surface area contributed by atoms with Crippen LogP contribution in [0.25, 0.3) is 11.3 Å². The van der Waals surface area contributed by atoms with Crippen molar-refractivity contribution in [3.63, 3.8) is 0 Å². The molecule has 2 amide bonds. The maximum absolute atomic E-state index is 14.3. The Labute approximate surface area is 224 Å². The van der Waals surface area contributed by atoms with Crippen LogP contribution in [0, 0.1) is 6.92 Å². The Morgan fingerprint density at radius 3 is 2.63 bits per heavy atom. The number of anilines is 1. The first-order valence-corrected chi connectivity index (χ1v) is 13.5. The van der Waals surface area contributed by atoms with Crippen molar-refractivity contribution in [3.05, 3.63) is 78.7 Å². The molecule has 1 saturated carbocycles. The second kappa shape index (κ2) is 10.8. The average Bonchev–Trinajstić information content (AvgIpc) is 3.59. The number of rotatable bonds is 7. The normalized spacial score (nSPS) is 19.5. The standard InChI is InChI=1S/C30H36N6O2/c1-5-10-26-21(2)35(24-12-7-6-8-13-24)30(38)29(26)36(28(37)20-34-18-17-31-22(34)3)25-14-9-11-23(19-25)27-15-16-32-33(27)4/h9-11,14-19,24,29H,2,5-8,12-13,20H2,1,3-4H3/b26-10+. The Hall–Kier alpha value is -3.94. The first kappa shape index (κ1) is 25.7. The van der Waals surface area contributed by atoms with Gasteiger partial charge in [-0.05, 0) is 44.4 Å². The van der Waals surface area contributed by atoms with E-state index in [2.05, 4.69) is 29.7 Å². The van der Waals surface area contributed by atoms with E-state index in [9.17, 15) is 9.59 Å². The third kappa shape index (κ3) is 4.71. The van der Waals surface area contributed by atoms with E-state index in [1.54, 1.807) is 28.2 Å². The van der Waals surface area contributed by atoms with Gasteiger partial charge in [-0.2, -0.15) is 5.10 Å². The summed E-state index contributed by atoms with van der Waals surface area (Å²) in [5, 5.41) is 4.30. The van der Waals surface area contributed by atoms with Crippen molar-refractivity contribution in [1.82, 2.24) is 24.2 Å². The van der Waals surface area contributed by atoms with Crippen LogP contribution >= 0.6 is 0 Å². The van der Waals surface area contributed by atoms with E-state index in [1.165, 1.54) is 6.42 Å². The third-order valence-electron chi connectivity index (χ3n) is 7.75. The smallest absolute Gasteiger partial charge is 0.255 e. The minimum Gasteiger partial charge on any atom is -0.326 e. The van der Waals surface area contributed by atoms with Crippen molar-refractivity contribution >= 4 is 17.5 Å². The number of imidazole rings is 1. The zero-order valence-electron chi connectivity index (χ0n) is 22.5. The fourth-order valence-electron chi connectivity index (χ4n) is 5.84. The maximum atomic E-state index is 14.3. The molecule has 2 fully saturated rings. The molecular formula is C30H36N6O2. The van der Waals surface area contributed by atoms with Gasteiger partial charge < -0.3 is 9.47 Å². The predicted octanol–water partition coefficient (Wildman–Crippen LogP) is 5.02. The van der Waals surface area contributed by atoms with E-state index < -0.39 is 6.04 Å². The molecule has 1 unspecified atom stereocenters. The summed E-state index contributed by atoms with van der Waals surface area (Å²) in [5.74, 6) is 0.507. The minimum absolute atomic E-state index is 0.0664. The van der Waals surface area contributed by atoms with E-state index in [0.29, 0.717) is 5.69 Å². The maximum Gasteiger partial charge on any atom is 0.255 e.